The lowest BCUT2D eigenvalue weighted by Crippen LogP contribution is -2.19. The lowest BCUT2D eigenvalue weighted by molar-refractivity contribution is -0.134. The molecule has 1 rings (SSSR count). The molecule has 1 heterocycles. The summed E-state index contributed by atoms with van der Waals surface area (Å²) in [6.07, 6.45) is 2.12. The van der Waals surface area contributed by atoms with Crippen LogP contribution in [0.2, 0.25) is 0 Å². The molecule has 0 aromatic rings. The van der Waals surface area contributed by atoms with Crippen LogP contribution in [0, 0.1) is 0 Å². The molecule has 0 atom stereocenters. The Morgan fingerprint density at radius 1 is 1.73 bits per heavy atom. The van der Waals surface area contributed by atoms with Crippen molar-refractivity contribution in [2.45, 2.75) is 12.8 Å². The van der Waals surface area contributed by atoms with Gasteiger partial charge in [0.25, 0.3) is 11.9 Å². The first-order valence-electron chi connectivity index (χ1n) is 2.92. The number of carboxylic acid groups (broad SMARTS) is 1. The van der Waals surface area contributed by atoms with Gasteiger partial charge in [-0.05, 0) is 6.20 Å². The highest BCUT2D eigenvalue weighted by molar-refractivity contribution is 5.62. The van der Waals surface area contributed by atoms with Crippen LogP contribution in [-0.4, -0.2) is 23.5 Å². The Morgan fingerprint density at radius 2 is 2.18 bits per heavy atom. The van der Waals surface area contributed by atoms with Crippen molar-refractivity contribution in [1.82, 2.24) is 5.32 Å². The van der Waals surface area contributed by atoms with Crippen LogP contribution in [-0.2, 0) is 4.79 Å². The molecule has 0 unspecified atom stereocenters. The Morgan fingerprint density at radius 3 is 2.27 bits per heavy atom. The molecule has 1 aliphatic heterocycles. The van der Waals surface area contributed by atoms with Crippen molar-refractivity contribution in [1.29, 1.82) is 0 Å². The minimum atomic E-state index is -2.60. The second-order valence-electron chi connectivity index (χ2n) is 1.99. The maximum absolute atomic E-state index is 11.8. The van der Waals surface area contributed by atoms with Gasteiger partial charge in [0.05, 0.1) is 6.54 Å². The fourth-order valence-electron chi connectivity index (χ4n) is 0.435. The number of nitrogens with one attached hydrogen (secondary N) is 1. The molecular formula is C6H9F2NO2. The zero-order chi connectivity index (χ0) is 8.91. The lowest BCUT2D eigenvalue weighted by Gasteiger charge is -2.00. The first-order chi connectivity index (χ1) is 4.94. The van der Waals surface area contributed by atoms with Gasteiger partial charge in [0.1, 0.15) is 0 Å². The Bertz CT molecular complexity index is 164. The quantitative estimate of drug-likeness (QED) is 0.559. The minimum absolute atomic E-state index is 0.243. The smallest absolute Gasteiger partial charge is 0.300 e. The molecule has 0 bridgehead atoms. The Labute approximate surface area is 62.7 Å². The lowest BCUT2D eigenvalue weighted by atomic mass is 10.4. The fraction of sp³-hybridized carbons (Fsp3) is 0.500. The van der Waals surface area contributed by atoms with Gasteiger partial charge in [-0.15, -0.1) is 0 Å². The molecule has 3 nitrogen and oxygen atoms in total. The number of aliphatic carboxylic acids is 1. The third-order valence-electron chi connectivity index (χ3n) is 0.783. The van der Waals surface area contributed by atoms with Gasteiger partial charge < -0.3 is 10.4 Å². The second-order valence-corrected chi connectivity index (χ2v) is 1.99. The van der Waals surface area contributed by atoms with Crippen molar-refractivity contribution in [3.8, 4) is 0 Å². The van der Waals surface area contributed by atoms with Crippen LogP contribution in [0.1, 0.15) is 6.92 Å². The van der Waals surface area contributed by atoms with E-state index >= 15 is 0 Å². The molecule has 0 amide bonds. The Balaban J connectivity index is 0.000000218. The monoisotopic (exact) mass is 165 g/mol. The van der Waals surface area contributed by atoms with E-state index in [-0.39, 0.29) is 6.54 Å². The summed E-state index contributed by atoms with van der Waals surface area (Å²) in [5.41, 5.74) is 0. The summed E-state index contributed by atoms with van der Waals surface area (Å²) < 4.78 is 23.6. The highest BCUT2D eigenvalue weighted by Gasteiger charge is 2.27. The highest BCUT2D eigenvalue weighted by Crippen LogP contribution is 2.16. The summed E-state index contributed by atoms with van der Waals surface area (Å²) in [6, 6.07) is 0. The molecule has 5 heteroatoms. The Kier molecular flexibility index (Phi) is 3.50. The van der Waals surface area contributed by atoms with Gasteiger partial charge in [-0.25, -0.2) is 0 Å². The van der Waals surface area contributed by atoms with E-state index in [1.165, 1.54) is 6.20 Å². The van der Waals surface area contributed by atoms with Crippen molar-refractivity contribution in [2.75, 3.05) is 6.54 Å². The normalized spacial score (nSPS) is 18.1. The molecule has 0 aliphatic carbocycles. The SMILES string of the molecule is CC(=O)O.FC1(F)C=CNC1. The molecule has 1 aliphatic rings. The van der Waals surface area contributed by atoms with E-state index in [9.17, 15) is 8.78 Å². The molecule has 0 saturated heterocycles. The largest absolute Gasteiger partial charge is 0.481 e. The number of hydrogen-bond acceptors (Lipinski definition) is 2. The van der Waals surface area contributed by atoms with Crippen molar-refractivity contribution < 1.29 is 18.7 Å². The van der Waals surface area contributed by atoms with Gasteiger partial charge in [-0.3, -0.25) is 4.79 Å². The first kappa shape index (κ1) is 9.87. The number of carbonyl (C=O) groups is 1. The predicted octanol–water partition coefficient (Wildman–Crippen LogP) is 0.829. The van der Waals surface area contributed by atoms with Crippen molar-refractivity contribution in [3.05, 3.63) is 12.3 Å². The van der Waals surface area contributed by atoms with Crippen LogP contribution in [0.4, 0.5) is 8.78 Å². The number of hydrogen-bond donors (Lipinski definition) is 2. The van der Waals surface area contributed by atoms with Crippen molar-refractivity contribution in [2.24, 2.45) is 0 Å². The third kappa shape index (κ3) is 6.76. The average molecular weight is 165 g/mol. The Hall–Kier alpha value is -1.13. The highest BCUT2D eigenvalue weighted by atomic mass is 19.3. The molecule has 0 aromatic carbocycles. The summed E-state index contributed by atoms with van der Waals surface area (Å²) in [4.78, 5) is 9.00. The predicted molar refractivity (Wildman–Crippen MR) is 35.4 cm³/mol. The summed E-state index contributed by atoms with van der Waals surface area (Å²) in [5.74, 6) is -3.43. The average Bonchev–Trinajstić information content (AvgIpc) is 2.11. The van der Waals surface area contributed by atoms with E-state index in [4.69, 9.17) is 9.90 Å². The maximum atomic E-state index is 11.8. The van der Waals surface area contributed by atoms with Gasteiger partial charge in [0.2, 0.25) is 0 Å². The fourth-order valence-corrected chi connectivity index (χ4v) is 0.435. The molecule has 0 radical (unpaired) electrons. The molecule has 64 valence electrons. The number of carboxylic acids is 1. The molecule has 0 saturated carbocycles. The molecule has 0 aromatic heterocycles. The minimum Gasteiger partial charge on any atom is -0.481 e. The van der Waals surface area contributed by atoms with Crippen molar-refractivity contribution >= 4 is 5.97 Å². The van der Waals surface area contributed by atoms with Gasteiger partial charge in [-0.2, -0.15) is 8.78 Å². The summed E-state index contributed by atoms with van der Waals surface area (Å²) in [6.45, 7) is 0.840. The van der Waals surface area contributed by atoms with Crippen LogP contribution in [0.25, 0.3) is 0 Å². The second kappa shape index (κ2) is 3.90. The van der Waals surface area contributed by atoms with Crippen LogP contribution in [0.15, 0.2) is 12.3 Å². The van der Waals surface area contributed by atoms with Crippen molar-refractivity contribution in [3.63, 3.8) is 0 Å². The maximum Gasteiger partial charge on any atom is 0.300 e. The van der Waals surface area contributed by atoms with Crippen LogP contribution < -0.4 is 5.32 Å². The van der Waals surface area contributed by atoms with Crippen LogP contribution in [0.5, 0.6) is 0 Å². The van der Waals surface area contributed by atoms with Crippen LogP contribution in [0.3, 0.4) is 0 Å². The molecule has 2 N–H and O–H groups in total. The number of alkyl halides is 2. The van der Waals surface area contributed by atoms with Gasteiger partial charge in [0, 0.05) is 13.0 Å². The molecule has 0 fully saturated rings. The first-order valence-corrected chi connectivity index (χ1v) is 2.92. The zero-order valence-electron chi connectivity index (χ0n) is 5.97. The van der Waals surface area contributed by atoms with E-state index in [0.717, 1.165) is 13.0 Å². The van der Waals surface area contributed by atoms with E-state index < -0.39 is 11.9 Å². The number of halogens is 2. The van der Waals surface area contributed by atoms with Gasteiger partial charge in [-0.1, -0.05) is 0 Å². The molecule has 0 spiro atoms. The number of rotatable bonds is 0. The molecular weight excluding hydrogens is 156 g/mol. The topological polar surface area (TPSA) is 49.3 Å². The standard InChI is InChI=1S/C4H5F2N.C2H4O2/c5-4(6)1-2-7-3-4;1-2(3)4/h1-2,7H,3H2;1H3,(H,3,4). The van der Waals surface area contributed by atoms with E-state index in [1.807, 2.05) is 0 Å². The van der Waals surface area contributed by atoms with Gasteiger partial charge >= 0.3 is 0 Å². The van der Waals surface area contributed by atoms with Crippen LogP contribution >= 0.6 is 0 Å². The molecule has 11 heavy (non-hydrogen) atoms. The zero-order valence-corrected chi connectivity index (χ0v) is 5.97. The van der Waals surface area contributed by atoms with E-state index in [1.54, 1.807) is 0 Å². The summed E-state index contributed by atoms with van der Waals surface area (Å²) >= 11 is 0. The summed E-state index contributed by atoms with van der Waals surface area (Å²) in [7, 11) is 0. The van der Waals surface area contributed by atoms with E-state index in [2.05, 4.69) is 5.32 Å². The summed E-state index contributed by atoms with van der Waals surface area (Å²) in [5, 5.41) is 9.80. The van der Waals surface area contributed by atoms with Gasteiger partial charge in [0.15, 0.2) is 0 Å². The third-order valence-corrected chi connectivity index (χ3v) is 0.783. The van der Waals surface area contributed by atoms with E-state index in [0.29, 0.717) is 0 Å².